The lowest BCUT2D eigenvalue weighted by Crippen LogP contribution is -2.52. The lowest BCUT2D eigenvalue weighted by atomic mass is 9.83. The number of nitrogens with zero attached hydrogens (tertiary/aromatic N) is 2. The number of likely N-dealkylation sites (tertiary alicyclic amines) is 2. The topological polar surface area (TPSA) is 23.6 Å². The highest BCUT2D eigenvalue weighted by atomic mass is 19.4. The summed E-state index contributed by atoms with van der Waals surface area (Å²) in [6, 6.07) is 6.87. The second kappa shape index (κ2) is 9.79. The van der Waals surface area contributed by atoms with Crippen LogP contribution in [0, 0.1) is 5.82 Å². The molecule has 0 bridgehead atoms. The van der Waals surface area contributed by atoms with Gasteiger partial charge in [-0.05, 0) is 68.2 Å². The van der Waals surface area contributed by atoms with Crippen LogP contribution >= 0.6 is 0 Å². The highest BCUT2D eigenvalue weighted by molar-refractivity contribution is 5.95. The summed E-state index contributed by atoms with van der Waals surface area (Å²) in [6.07, 6.45) is -6.38. The van der Waals surface area contributed by atoms with Gasteiger partial charge in [0.15, 0.2) is 0 Å². The van der Waals surface area contributed by atoms with Crippen LogP contribution in [0.4, 0.5) is 30.7 Å². The molecule has 2 atom stereocenters. The van der Waals surface area contributed by atoms with E-state index in [1.54, 1.807) is 12.1 Å². The third-order valence-electron chi connectivity index (χ3n) is 6.86. The van der Waals surface area contributed by atoms with Crippen LogP contribution in [0.15, 0.2) is 42.5 Å². The zero-order valence-electron chi connectivity index (χ0n) is 18.8. The van der Waals surface area contributed by atoms with E-state index in [-0.39, 0.29) is 31.1 Å². The first kappa shape index (κ1) is 25.5. The van der Waals surface area contributed by atoms with Gasteiger partial charge >= 0.3 is 12.4 Å². The molecule has 3 nitrogen and oxygen atoms in total. The normalized spacial score (nSPS) is 22.3. The molecular weight excluding hydrogens is 477 g/mol. The maximum atomic E-state index is 13.5. The van der Waals surface area contributed by atoms with Crippen molar-refractivity contribution in [3.8, 4) is 0 Å². The van der Waals surface area contributed by atoms with E-state index in [0.717, 1.165) is 37.9 Å². The highest BCUT2D eigenvalue weighted by Gasteiger charge is 2.40. The summed E-state index contributed by atoms with van der Waals surface area (Å²) < 4.78 is 93.3. The third kappa shape index (κ3) is 5.79. The minimum absolute atomic E-state index is 0.0146. The van der Waals surface area contributed by atoms with Gasteiger partial charge in [-0.2, -0.15) is 26.3 Å². The first-order valence-corrected chi connectivity index (χ1v) is 11.5. The Bertz CT molecular complexity index is 1010. The van der Waals surface area contributed by atoms with Crippen LogP contribution in [0.1, 0.15) is 58.6 Å². The molecule has 2 fully saturated rings. The van der Waals surface area contributed by atoms with Crippen molar-refractivity contribution in [1.29, 1.82) is 0 Å². The quantitative estimate of drug-likeness (QED) is 0.457. The molecule has 35 heavy (non-hydrogen) atoms. The van der Waals surface area contributed by atoms with Crippen molar-refractivity contribution < 1.29 is 35.5 Å². The maximum Gasteiger partial charge on any atom is 0.416 e. The molecule has 0 saturated carbocycles. The number of halogens is 7. The van der Waals surface area contributed by atoms with Gasteiger partial charge in [0.05, 0.1) is 11.1 Å². The Kier molecular flexibility index (Phi) is 7.13. The van der Waals surface area contributed by atoms with Crippen molar-refractivity contribution in [2.24, 2.45) is 0 Å². The first-order valence-electron chi connectivity index (χ1n) is 11.5. The van der Waals surface area contributed by atoms with E-state index < -0.39 is 40.8 Å². The van der Waals surface area contributed by atoms with Crippen molar-refractivity contribution >= 4 is 5.91 Å². The van der Waals surface area contributed by atoms with Gasteiger partial charge in [-0.1, -0.05) is 18.6 Å². The number of carbonyl (C=O) groups is 1. The predicted octanol–water partition coefficient (Wildman–Crippen LogP) is 6.35. The fourth-order valence-corrected chi connectivity index (χ4v) is 5.11. The van der Waals surface area contributed by atoms with Gasteiger partial charge in [0, 0.05) is 30.6 Å². The summed E-state index contributed by atoms with van der Waals surface area (Å²) in [5.41, 5.74) is -2.91. The third-order valence-corrected chi connectivity index (χ3v) is 6.86. The van der Waals surface area contributed by atoms with E-state index in [9.17, 15) is 35.5 Å². The standard InChI is InChI=1S/C25H25F7N2O/c26-20-6-4-16(5-7-20)21-15-34(11-8-22(21)33-9-2-1-3-10-33)23(35)17-12-18(24(27,28)29)14-19(13-17)25(30,31)32/h4-7,12-14,21-22H,1-3,8-11,15H2. The number of carbonyl (C=O) groups excluding carboxylic acids is 1. The lowest BCUT2D eigenvalue weighted by Gasteiger charge is -2.45. The summed E-state index contributed by atoms with van der Waals surface area (Å²) in [4.78, 5) is 16.8. The molecule has 0 spiro atoms. The van der Waals surface area contributed by atoms with Crippen molar-refractivity contribution in [2.45, 2.75) is 50.0 Å². The van der Waals surface area contributed by atoms with Crippen LogP contribution in [0.3, 0.4) is 0 Å². The number of alkyl halides is 6. The molecule has 0 radical (unpaired) electrons. The molecule has 0 aromatic heterocycles. The Morgan fingerprint density at radius 3 is 1.91 bits per heavy atom. The average Bonchev–Trinajstić information content (AvgIpc) is 2.83. The van der Waals surface area contributed by atoms with Crippen LogP contribution in [-0.4, -0.2) is 47.9 Å². The molecule has 4 rings (SSSR count). The number of piperidine rings is 2. The average molecular weight is 502 g/mol. The van der Waals surface area contributed by atoms with E-state index in [0.29, 0.717) is 18.6 Å². The Morgan fingerprint density at radius 2 is 1.37 bits per heavy atom. The number of hydrogen-bond donors (Lipinski definition) is 0. The van der Waals surface area contributed by atoms with Crippen molar-refractivity contribution in [1.82, 2.24) is 9.80 Å². The maximum absolute atomic E-state index is 13.5. The van der Waals surface area contributed by atoms with Crippen LogP contribution < -0.4 is 0 Å². The fraction of sp³-hybridized carbons (Fsp3) is 0.480. The molecular formula is C25H25F7N2O. The molecule has 190 valence electrons. The van der Waals surface area contributed by atoms with Crippen molar-refractivity contribution in [2.75, 3.05) is 26.2 Å². The molecule has 10 heteroatoms. The number of amides is 1. The number of hydrogen-bond acceptors (Lipinski definition) is 2. The van der Waals surface area contributed by atoms with Gasteiger partial charge in [0.25, 0.3) is 5.91 Å². The zero-order valence-corrected chi connectivity index (χ0v) is 18.8. The van der Waals surface area contributed by atoms with E-state index >= 15 is 0 Å². The molecule has 2 unspecified atom stereocenters. The summed E-state index contributed by atoms with van der Waals surface area (Å²) in [7, 11) is 0. The second-order valence-corrected chi connectivity index (χ2v) is 9.16. The van der Waals surface area contributed by atoms with Crippen molar-refractivity contribution in [3.05, 3.63) is 70.5 Å². The Hall–Kier alpha value is -2.62. The minimum atomic E-state index is -5.03. The Balaban J connectivity index is 1.65. The largest absolute Gasteiger partial charge is 0.416 e. The van der Waals surface area contributed by atoms with Gasteiger partial charge in [-0.25, -0.2) is 4.39 Å². The predicted molar refractivity (Wildman–Crippen MR) is 115 cm³/mol. The first-order chi connectivity index (χ1) is 16.4. The van der Waals surface area contributed by atoms with Crippen molar-refractivity contribution in [3.63, 3.8) is 0 Å². The molecule has 2 aromatic rings. The lowest BCUT2D eigenvalue weighted by molar-refractivity contribution is -0.143. The molecule has 1 amide bonds. The SMILES string of the molecule is O=C(c1cc(C(F)(F)F)cc(C(F)(F)F)c1)N1CCC(N2CCCCC2)C(c2ccc(F)cc2)C1. The van der Waals surface area contributed by atoms with Gasteiger partial charge in [0.1, 0.15) is 5.82 Å². The molecule has 0 N–H and O–H groups in total. The molecule has 2 aromatic carbocycles. The smallest absolute Gasteiger partial charge is 0.338 e. The van der Waals surface area contributed by atoms with E-state index in [4.69, 9.17) is 0 Å². The molecule has 2 aliphatic rings. The van der Waals surface area contributed by atoms with Gasteiger partial charge in [0.2, 0.25) is 0 Å². The monoisotopic (exact) mass is 502 g/mol. The Morgan fingerprint density at radius 1 is 0.800 bits per heavy atom. The summed E-state index contributed by atoms with van der Waals surface area (Å²) >= 11 is 0. The molecule has 0 aliphatic carbocycles. The molecule has 2 saturated heterocycles. The van der Waals surface area contributed by atoms with Crippen LogP contribution in [0.25, 0.3) is 0 Å². The molecule has 2 aliphatic heterocycles. The second-order valence-electron chi connectivity index (χ2n) is 9.16. The van der Waals surface area contributed by atoms with E-state index in [1.807, 2.05) is 0 Å². The van der Waals surface area contributed by atoms with Crippen LogP contribution in [0.5, 0.6) is 0 Å². The van der Waals surface area contributed by atoms with E-state index in [1.165, 1.54) is 17.0 Å². The van der Waals surface area contributed by atoms with E-state index in [2.05, 4.69) is 4.90 Å². The number of rotatable bonds is 3. The van der Waals surface area contributed by atoms with Gasteiger partial charge in [-0.3, -0.25) is 9.69 Å². The van der Waals surface area contributed by atoms with Gasteiger partial charge < -0.3 is 4.90 Å². The zero-order chi connectivity index (χ0) is 25.4. The number of benzene rings is 2. The van der Waals surface area contributed by atoms with Crippen LogP contribution in [0.2, 0.25) is 0 Å². The fourth-order valence-electron chi connectivity index (χ4n) is 5.11. The van der Waals surface area contributed by atoms with Crippen LogP contribution in [-0.2, 0) is 12.4 Å². The Labute approximate surface area is 198 Å². The minimum Gasteiger partial charge on any atom is -0.338 e. The summed E-state index contributed by atoms with van der Waals surface area (Å²) in [5.74, 6) is -1.55. The summed E-state index contributed by atoms with van der Waals surface area (Å²) in [6.45, 7) is 2.07. The highest BCUT2D eigenvalue weighted by Crippen LogP contribution is 2.38. The van der Waals surface area contributed by atoms with Gasteiger partial charge in [-0.15, -0.1) is 0 Å². The summed E-state index contributed by atoms with van der Waals surface area (Å²) in [5, 5.41) is 0. The molecule has 2 heterocycles.